The summed E-state index contributed by atoms with van der Waals surface area (Å²) in [7, 11) is 0. The molecule has 3 N–H and O–H groups in total. The molecule has 0 unspecified atom stereocenters. The van der Waals surface area contributed by atoms with Crippen molar-refractivity contribution in [3.05, 3.63) is 29.8 Å². The summed E-state index contributed by atoms with van der Waals surface area (Å²) in [6.07, 6.45) is 0.478. The molecule has 0 aliphatic rings. The van der Waals surface area contributed by atoms with Crippen molar-refractivity contribution >= 4 is 5.84 Å². The predicted molar refractivity (Wildman–Crippen MR) is 59.2 cm³/mol. The summed E-state index contributed by atoms with van der Waals surface area (Å²) >= 11 is 0. The van der Waals surface area contributed by atoms with E-state index in [1.807, 2.05) is 31.2 Å². The normalized spacial score (nSPS) is 9.93. The van der Waals surface area contributed by atoms with Gasteiger partial charge in [0.05, 0.1) is 5.84 Å². The fraction of sp³-hybridized carbons (Fsp3) is 0.364. The van der Waals surface area contributed by atoms with Crippen LogP contribution in [-0.4, -0.2) is 19.2 Å². The van der Waals surface area contributed by atoms with E-state index in [1.54, 1.807) is 0 Å². The van der Waals surface area contributed by atoms with Crippen molar-refractivity contribution in [1.29, 1.82) is 5.41 Å². The molecule has 0 atom stereocenters. The molecule has 0 bridgehead atoms. The molecule has 0 aromatic heterocycles. The topological polar surface area (TPSA) is 68.3 Å². The Morgan fingerprint density at radius 1 is 1.33 bits per heavy atom. The number of nitrogens with one attached hydrogen (secondary N) is 1. The van der Waals surface area contributed by atoms with Gasteiger partial charge in [-0.25, -0.2) is 0 Å². The Morgan fingerprint density at radius 2 is 2.00 bits per heavy atom. The summed E-state index contributed by atoms with van der Waals surface area (Å²) in [5, 5.41) is 7.15. The average molecular weight is 208 g/mol. The van der Waals surface area contributed by atoms with Gasteiger partial charge in [0.1, 0.15) is 5.75 Å². The fourth-order valence-corrected chi connectivity index (χ4v) is 1.12. The van der Waals surface area contributed by atoms with Gasteiger partial charge in [0.15, 0.2) is 6.79 Å². The highest BCUT2D eigenvalue weighted by Gasteiger charge is 1.96. The van der Waals surface area contributed by atoms with Crippen LogP contribution in [0.2, 0.25) is 0 Å². The van der Waals surface area contributed by atoms with Crippen LogP contribution in [0.3, 0.4) is 0 Å². The SMILES string of the molecule is CCOCOc1ccc(CC(=N)N)cc1. The first-order valence-electron chi connectivity index (χ1n) is 4.84. The lowest BCUT2D eigenvalue weighted by Crippen LogP contribution is -2.12. The van der Waals surface area contributed by atoms with Gasteiger partial charge in [-0.1, -0.05) is 12.1 Å². The van der Waals surface area contributed by atoms with E-state index in [-0.39, 0.29) is 12.6 Å². The van der Waals surface area contributed by atoms with Crippen molar-refractivity contribution in [1.82, 2.24) is 0 Å². The van der Waals surface area contributed by atoms with Crippen LogP contribution < -0.4 is 10.5 Å². The smallest absolute Gasteiger partial charge is 0.189 e. The summed E-state index contributed by atoms with van der Waals surface area (Å²) in [5.74, 6) is 0.925. The van der Waals surface area contributed by atoms with Crippen LogP contribution in [0.1, 0.15) is 12.5 Å². The van der Waals surface area contributed by atoms with Gasteiger partial charge in [0.25, 0.3) is 0 Å². The molecule has 4 heteroatoms. The van der Waals surface area contributed by atoms with Gasteiger partial charge in [-0.2, -0.15) is 0 Å². The minimum absolute atomic E-state index is 0.165. The van der Waals surface area contributed by atoms with Crippen LogP contribution in [0.4, 0.5) is 0 Å². The molecule has 0 amide bonds. The van der Waals surface area contributed by atoms with Crippen molar-refractivity contribution in [2.24, 2.45) is 5.73 Å². The molecule has 1 aromatic rings. The zero-order valence-electron chi connectivity index (χ0n) is 8.82. The second-order valence-corrected chi connectivity index (χ2v) is 3.10. The Labute approximate surface area is 89.5 Å². The van der Waals surface area contributed by atoms with Crippen LogP contribution in [0.15, 0.2) is 24.3 Å². The molecule has 1 rings (SSSR count). The van der Waals surface area contributed by atoms with Crippen LogP contribution in [0.25, 0.3) is 0 Å². The molecular formula is C11H16N2O2. The quantitative estimate of drug-likeness (QED) is 0.322. The molecule has 4 nitrogen and oxygen atoms in total. The molecular weight excluding hydrogens is 192 g/mol. The summed E-state index contributed by atoms with van der Waals surface area (Å²) in [4.78, 5) is 0. The first kappa shape index (κ1) is 11.5. The van der Waals surface area contributed by atoms with Crippen LogP contribution >= 0.6 is 0 Å². The van der Waals surface area contributed by atoms with E-state index in [1.165, 1.54) is 0 Å². The predicted octanol–water partition coefficient (Wildman–Crippen LogP) is 1.54. The van der Waals surface area contributed by atoms with Crippen molar-refractivity contribution in [2.75, 3.05) is 13.4 Å². The third kappa shape index (κ3) is 4.46. The number of hydrogen-bond acceptors (Lipinski definition) is 3. The third-order valence-corrected chi connectivity index (χ3v) is 1.83. The fourth-order valence-electron chi connectivity index (χ4n) is 1.12. The largest absolute Gasteiger partial charge is 0.468 e. The van der Waals surface area contributed by atoms with Gasteiger partial charge < -0.3 is 15.2 Å². The average Bonchev–Trinajstić information content (AvgIpc) is 2.20. The lowest BCUT2D eigenvalue weighted by molar-refractivity contribution is 0.0224. The lowest BCUT2D eigenvalue weighted by Gasteiger charge is -2.06. The number of nitrogens with two attached hydrogens (primary N) is 1. The molecule has 0 saturated heterocycles. The Morgan fingerprint density at radius 3 is 2.53 bits per heavy atom. The highest BCUT2D eigenvalue weighted by atomic mass is 16.7. The molecule has 0 radical (unpaired) electrons. The van der Waals surface area contributed by atoms with Gasteiger partial charge in [0.2, 0.25) is 0 Å². The number of benzene rings is 1. The van der Waals surface area contributed by atoms with Crippen LogP contribution in [0, 0.1) is 5.41 Å². The van der Waals surface area contributed by atoms with Gasteiger partial charge in [-0.15, -0.1) is 0 Å². The Kier molecular flexibility index (Phi) is 4.63. The second-order valence-electron chi connectivity index (χ2n) is 3.10. The second kappa shape index (κ2) is 6.03. The number of hydrogen-bond donors (Lipinski definition) is 2. The highest BCUT2D eigenvalue weighted by Crippen LogP contribution is 2.12. The molecule has 82 valence electrons. The standard InChI is InChI=1S/C11H16N2O2/c1-2-14-8-15-10-5-3-9(4-6-10)7-11(12)13/h3-6H,2,7-8H2,1H3,(H3,12,13). The molecule has 0 spiro atoms. The van der Waals surface area contributed by atoms with Crippen LogP contribution in [-0.2, 0) is 11.2 Å². The highest BCUT2D eigenvalue weighted by molar-refractivity contribution is 5.79. The Balaban J connectivity index is 2.45. The first-order valence-corrected chi connectivity index (χ1v) is 4.84. The summed E-state index contributed by atoms with van der Waals surface area (Å²) in [6.45, 7) is 2.82. The first-order chi connectivity index (χ1) is 7.22. The van der Waals surface area contributed by atoms with E-state index in [0.717, 1.165) is 11.3 Å². The molecule has 0 heterocycles. The van der Waals surface area contributed by atoms with E-state index in [4.69, 9.17) is 20.6 Å². The number of ether oxygens (including phenoxy) is 2. The van der Waals surface area contributed by atoms with Gasteiger partial charge in [0, 0.05) is 13.0 Å². The van der Waals surface area contributed by atoms with E-state index in [2.05, 4.69) is 0 Å². The molecule has 1 aromatic carbocycles. The minimum Gasteiger partial charge on any atom is -0.468 e. The van der Waals surface area contributed by atoms with Crippen molar-refractivity contribution in [3.63, 3.8) is 0 Å². The lowest BCUT2D eigenvalue weighted by atomic mass is 10.1. The Hall–Kier alpha value is -1.55. The van der Waals surface area contributed by atoms with Crippen molar-refractivity contribution < 1.29 is 9.47 Å². The number of amidine groups is 1. The maximum Gasteiger partial charge on any atom is 0.189 e. The van der Waals surface area contributed by atoms with Gasteiger partial charge in [-0.3, -0.25) is 5.41 Å². The van der Waals surface area contributed by atoms with E-state index in [0.29, 0.717) is 13.0 Å². The van der Waals surface area contributed by atoms with Crippen molar-refractivity contribution in [3.8, 4) is 5.75 Å². The maximum absolute atomic E-state index is 7.15. The summed E-state index contributed by atoms with van der Waals surface area (Å²) in [6, 6.07) is 7.47. The minimum atomic E-state index is 0.165. The summed E-state index contributed by atoms with van der Waals surface area (Å²) in [5.41, 5.74) is 6.30. The van der Waals surface area contributed by atoms with Crippen LogP contribution in [0.5, 0.6) is 5.75 Å². The number of rotatable bonds is 6. The Bertz CT molecular complexity index is 309. The summed E-state index contributed by atoms with van der Waals surface area (Å²) < 4.78 is 10.4. The van der Waals surface area contributed by atoms with Crippen molar-refractivity contribution in [2.45, 2.75) is 13.3 Å². The van der Waals surface area contributed by atoms with Gasteiger partial charge >= 0.3 is 0 Å². The van der Waals surface area contributed by atoms with E-state index < -0.39 is 0 Å². The molecule has 0 fully saturated rings. The molecule has 0 aliphatic heterocycles. The zero-order valence-corrected chi connectivity index (χ0v) is 8.82. The van der Waals surface area contributed by atoms with Gasteiger partial charge in [-0.05, 0) is 24.6 Å². The molecule has 0 saturated carbocycles. The van der Waals surface area contributed by atoms with E-state index in [9.17, 15) is 0 Å². The monoisotopic (exact) mass is 208 g/mol. The third-order valence-electron chi connectivity index (χ3n) is 1.83. The zero-order chi connectivity index (χ0) is 11.1. The van der Waals surface area contributed by atoms with E-state index >= 15 is 0 Å². The molecule has 15 heavy (non-hydrogen) atoms. The molecule has 0 aliphatic carbocycles. The maximum atomic E-state index is 7.15.